The molecule has 5 nitrogen and oxygen atoms in total. The van der Waals surface area contributed by atoms with E-state index in [0.717, 1.165) is 10.7 Å². The van der Waals surface area contributed by atoms with Crippen molar-refractivity contribution in [3.63, 3.8) is 0 Å². The summed E-state index contributed by atoms with van der Waals surface area (Å²) in [4.78, 5) is 15.3. The first kappa shape index (κ1) is 15.9. The van der Waals surface area contributed by atoms with E-state index >= 15 is 0 Å². The number of carbonyl (C=O) groups is 1. The third kappa shape index (κ3) is 3.61. The predicted octanol–water partition coefficient (Wildman–Crippen LogP) is 3.60. The van der Waals surface area contributed by atoms with E-state index in [2.05, 4.69) is 14.8 Å². The molecule has 0 aliphatic heterocycles. The zero-order chi connectivity index (χ0) is 15.6. The van der Waals surface area contributed by atoms with Crippen molar-refractivity contribution < 1.29 is 18.3 Å². The Morgan fingerprint density at radius 1 is 1.43 bits per heavy atom. The largest absolute Gasteiger partial charge is 0.439 e. The number of nitrogens with zero attached hydrogens (tertiary/aromatic N) is 3. The molecule has 2 aromatic heterocycles. The van der Waals surface area contributed by atoms with Gasteiger partial charge in [-0.25, -0.2) is 14.1 Å². The van der Waals surface area contributed by atoms with Crippen LogP contribution in [0.3, 0.4) is 0 Å². The Balaban J connectivity index is 2.48. The second-order valence-electron chi connectivity index (χ2n) is 3.69. The van der Waals surface area contributed by atoms with Crippen LogP contribution in [-0.2, 0) is 0 Å². The fraction of sp³-hybridized carbons (Fsp3) is 0.182. The number of rotatable bonds is 5. The van der Waals surface area contributed by atoms with Crippen LogP contribution in [0.1, 0.15) is 10.5 Å². The van der Waals surface area contributed by atoms with Crippen LogP contribution in [0.5, 0.6) is 5.88 Å². The number of aromatic nitrogens is 3. The number of alkyl halides is 2. The third-order valence-electron chi connectivity index (χ3n) is 2.25. The minimum atomic E-state index is -2.21. The van der Waals surface area contributed by atoms with Crippen molar-refractivity contribution >= 4 is 40.0 Å². The molecule has 0 N–H and O–H groups in total. The molecule has 2 rings (SSSR count). The van der Waals surface area contributed by atoms with Gasteiger partial charge >= 0.3 is 0 Å². The summed E-state index contributed by atoms with van der Waals surface area (Å²) in [6, 6.07) is 2.42. The minimum Gasteiger partial charge on any atom is -0.439 e. The maximum atomic E-state index is 12.9. The second kappa shape index (κ2) is 6.55. The Labute approximate surface area is 132 Å². The Morgan fingerprint density at radius 2 is 2.14 bits per heavy atom. The predicted molar refractivity (Wildman–Crippen MR) is 73.1 cm³/mol. The van der Waals surface area contributed by atoms with E-state index in [1.54, 1.807) is 0 Å². The van der Waals surface area contributed by atoms with Gasteiger partial charge in [0.15, 0.2) is 12.5 Å². The van der Waals surface area contributed by atoms with Gasteiger partial charge < -0.3 is 4.74 Å². The minimum absolute atomic E-state index is 0.0376. The van der Waals surface area contributed by atoms with Crippen molar-refractivity contribution in [2.45, 2.75) is 6.36 Å². The summed E-state index contributed by atoms with van der Waals surface area (Å²) in [5.41, 5.74) is -0.172. The fourth-order valence-electron chi connectivity index (χ4n) is 1.44. The highest BCUT2D eigenvalue weighted by Gasteiger charge is 2.20. The molecule has 2 heterocycles. The number of halogens is 5. The summed E-state index contributed by atoms with van der Waals surface area (Å²) in [6.45, 7) is -1.36. The fourth-order valence-corrected chi connectivity index (χ4v) is 2.04. The van der Waals surface area contributed by atoms with Gasteiger partial charge in [0.05, 0.1) is 10.0 Å². The summed E-state index contributed by atoms with van der Waals surface area (Å²) < 4.78 is 30.5. The molecule has 1 atom stereocenters. The highest BCUT2D eigenvalue weighted by Crippen LogP contribution is 2.25. The molecule has 0 radical (unpaired) electrons. The molecule has 10 heteroatoms. The molecule has 0 aromatic carbocycles. The Kier molecular flexibility index (Phi) is 4.97. The van der Waals surface area contributed by atoms with Gasteiger partial charge in [0.1, 0.15) is 5.69 Å². The first-order valence-corrected chi connectivity index (χ1v) is 6.53. The van der Waals surface area contributed by atoms with Gasteiger partial charge in [-0.2, -0.15) is 4.39 Å². The zero-order valence-electron chi connectivity index (χ0n) is 10.1. The Morgan fingerprint density at radius 3 is 2.71 bits per heavy atom. The lowest BCUT2D eigenvalue weighted by molar-refractivity contribution is 0.0390. The average molecular weight is 357 g/mol. The normalized spacial score (nSPS) is 12.2. The van der Waals surface area contributed by atoms with E-state index in [-0.39, 0.29) is 27.4 Å². The first-order chi connectivity index (χ1) is 9.92. The topological polar surface area (TPSA) is 57.0 Å². The molecule has 21 heavy (non-hydrogen) atoms. The smallest absolute Gasteiger partial charge is 0.271 e. The molecular weight excluding hydrogens is 350 g/mol. The number of hydrogen-bond donors (Lipinski definition) is 0. The Bertz CT molecular complexity index is 681. The second-order valence-corrected chi connectivity index (χ2v) is 4.88. The van der Waals surface area contributed by atoms with Crippen molar-refractivity contribution in [2.75, 3.05) is 6.67 Å². The summed E-state index contributed by atoms with van der Waals surface area (Å²) in [5, 5.41) is 3.22. The highest BCUT2D eigenvalue weighted by molar-refractivity contribution is 6.67. The molecule has 0 aliphatic carbocycles. The molecule has 0 aliphatic rings. The average Bonchev–Trinajstić information content (AvgIpc) is 2.82. The number of carbonyl (C=O) groups excluding carboxylic acids is 1. The van der Waals surface area contributed by atoms with E-state index in [0.29, 0.717) is 0 Å². The van der Waals surface area contributed by atoms with Crippen LogP contribution >= 0.6 is 34.8 Å². The van der Waals surface area contributed by atoms with Gasteiger partial charge in [0.2, 0.25) is 5.88 Å². The van der Waals surface area contributed by atoms with E-state index in [1.807, 2.05) is 0 Å². The summed E-state index contributed by atoms with van der Waals surface area (Å²) in [6.07, 6.45) is -0.937. The third-order valence-corrected chi connectivity index (χ3v) is 2.93. The molecular formula is C11H6Cl3F2N3O2. The van der Waals surface area contributed by atoms with Crippen LogP contribution in [0.2, 0.25) is 10.0 Å². The summed E-state index contributed by atoms with van der Waals surface area (Å²) in [7, 11) is 0. The first-order valence-electron chi connectivity index (χ1n) is 5.40. The van der Waals surface area contributed by atoms with Crippen LogP contribution in [0, 0.1) is 0 Å². The van der Waals surface area contributed by atoms with Crippen molar-refractivity contribution in [2.24, 2.45) is 0 Å². The highest BCUT2D eigenvalue weighted by atomic mass is 35.5. The summed E-state index contributed by atoms with van der Waals surface area (Å²) in [5.74, 6) is -0.299. The lowest BCUT2D eigenvalue weighted by Crippen LogP contribution is -2.12. The molecule has 0 bridgehead atoms. The lowest BCUT2D eigenvalue weighted by Gasteiger charge is -2.06. The van der Waals surface area contributed by atoms with Gasteiger partial charge in [0.25, 0.3) is 11.6 Å². The SMILES string of the molecule is O=C(Cl)c1cc(OC(F)CF)nn1-c1ncc(Cl)cc1Cl. The van der Waals surface area contributed by atoms with Crippen molar-refractivity contribution in [3.8, 4) is 11.7 Å². The van der Waals surface area contributed by atoms with Gasteiger partial charge in [0, 0.05) is 12.3 Å². The lowest BCUT2D eigenvalue weighted by atomic mass is 10.4. The van der Waals surface area contributed by atoms with E-state index < -0.39 is 18.3 Å². The van der Waals surface area contributed by atoms with Crippen LogP contribution < -0.4 is 4.74 Å². The molecule has 2 aromatic rings. The maximum Gasteiger partial charge on any atom is 0.271 e. The molecule has 0 saturated carbocycles. The monoisotopic (exact) mass is 355 g/mol. The van der Waals surface area contributed by atoms with Crippen LogP contribution in [0.25, 0.3) is 5.82 Å². The maximum absolute atomic E-state index is 12.9. The van der Waals surface area contributed by atoms with Crippen LogP contribution in [0.15, 0.2) is 18.3 Å². The van der Waals surface area contributed by atoms with Crippen LogP contribution in [-0.4, -0.2) is 33.0 Å². The van der Waals surface area contributed by atoms with Gasteiger partial charge in [-0.3, -0.25) is 4.79 Å². The van der Waals surface area contributed by atoms with Gasteiger partial charge in [-0.1, -0.05) is 23.2 Å². The number of ether oxygens (including phenoxy) is 1. The molecule has 0 fully saturated rings. The number of pyridine rings is 1. The summed E-state index contributed by atoms with van der Waals surface area (Å²) >= 11 is 17.1. The molecule has 0 spiro atoms. The van der Waals surface area contributed by atoms with Gasteiger partial charge in [-0.15, -0.1) is 5.10 Å². The van der Waals surface area contributed by atoms with Crippen LogP contribution in [0.4, 0.5) is 8.78 Å². The molecule has 1 unspecified atom stereocenters. The standard InChI is InChI=1S/C11H6Cl3F2N3O2/c12-5-1-6(13)11(17-4-5)19-7(10(14)20)2-9(18-19)21-8(16)3-15/h1-2,4,8H,3H2. The molecule has 0 amide bonds. The Hall–Kier alpha value is -1.44. The van der Waals surface area contributed by atoms with E-state index in [9.17, 15) is 13.6 Å². The molecule has 112 valence electrons. The quantitative estimate of drug-likeness (QED) is 0.768. The zero-order valence-corrected chi connectivity index (χ0v) is 12.3. The van der Waals surface area contributed by atoms with Crippen molar-refractivity contribution in [1.29, 1.82) is 0 Å². The van der Waals surface area contributed by atoms with Crippen molar-refractivity contribution in [1.82, 2.24) is 14.8 Å². The van der Waals surface area contributed by atoms with E-state index in [1.165, 1.54) is 12.3 Å². The van der Waals surface area contributed by atoms with E-state index in [4.69, 9.17) is 34.8 Å². The van der Waals surface area contributed by atoms with Crippen molar-refractivity contribution in [3.05, 3.63) is 34.1 Å². The van der Waals surface area contributed by atoms with Gasteiger partial charge in [-0.05, 0) is 17.7 Å². The molecule has 0 saturated heterocycles. The number of hydrogen-bond acceptors (Lipinski definition) is 4.